The molecule has 3 aromatic rings. The maximum atomic E-state index is 14.5. The van der Waals surface area contributed by atoms with Crippen molar-refractivity contribution in [1.82, 2.24) is 29.5 Å². The van der Waals surface area contributed by atoms with Gasteiger partial charge in [0.1, 0.15) is 5.82 Å². The van der Waals surface area contributed by atoms with Crippen LogP contribution in [0, 0.1) is 25.5 Å². The number of carbonyl (C=O) groups excluding carboxylic acids is 1. The molecule has 3 heterocycles. The van der Waals surface area contributed by atoms with E-state index < -0.39 is 11.6 Å². The molecule has 0 unspecified atom stereocenters. The van der Waals surface area contributed by atoms with Gasteiger partial charge < -0.3 is 10.2 Å². The lowest BCUT2D eigenvalue weighted by molar-refractivity contribution is -0.117. The third-order valence-electron chi connectivity index (χ3n) is 5.36. The fourth-order valence-electron chi connectivity index (χ4n) is 3.66. The van der Waals surface area contributed by atoms with Crippen molar-refractivity contribution in [2.75, 3.05) is 45.1 Å². The Labute approximate surface area is 184 Å². The Kier molecular flexibility index (Phi) is 6.24. The first-order valence-electron chi connectivity index (χ1n) is 10.4. The van der Waals surface area contributed by atoms with Gasteiger partial charge in [-0.25, -0.2) is 23.4 Å². The topological polar surface area (TPSA) is 79.2 Å². The van der Waals surface area contributed by atoms with E-state index in [2.05, 4.69) is 30.2 Å². The number of nitrogens with zero attached hydrogens (tertiary/aromatic N) is 6. The van der Waals surface area contributed by atoms with Crippen LogP contribution >= 0.6 is 0 Å². The second-order valence-electron chi connectivity index (χ2n) is 8.00. The highest BCUT2D eigenvalue weighted by Crippen LogP contribution is 2.24. The lowest BCUT2D eigenvalue weighted by atomic mass is 10.2. The summed E-state index contributed by atoms with van der Waals surface area (Å²) in [5, 5.41) is 7.19. The summed E-state index contributed by atoms with van der Waals surface area (Å²) >= 11 is 0. The minimum Gasteiger partial charge on any atom is -0.309 e. The van der Waals surface area contributed by atoms with E-state index >= 15 is 0 Å². The summed E-state index contributed by atoms with van der Waals surface area (Å²) in [5.74, 6) is -1.78. The number of halogens is 2. The summed E-state index contributed by atoms with van der Waals surface area (Å²) in [7, 11) is 2.05. The fraction of sp³-hybridized carbons (Fsp3) is 0.364. The third kappa shape index (κ3) is 4.81. The van der Waals surface area contributed by atoms with Crippen molar-refractivity contribution >= 4 is 11.7 Å². The molecule has 1 fully saturated rings. The van der Waals surface area contributed by atoms with Gasteiger partial charge in [0.25, 0.3) is 0 Å². The predicted molar refractivity (Wildman–Crippen MR) is 117 cm³/mol. The number of benzene rings is 1. The number of aromatic nitrogens is 4. The van der Waals surface area contributed by atoms with Gasteiger partial charge in [0.15, 0.2) is 23.3 Å². The number of amides is 1. The molecule has 1 aliphatic rings. The molecule has 1 saturated heterocycles. The molecule has 4 rings (SSSR count). The molecule has 1 aliphatic heterocycles. The Balaban J connectivity index is 1.66. The molecule has 0 aliphatic carbocycles. The quantitative estimate of drug-likeness (QED) is 0.655. The lowest BCUT2D eigenvalue weighted by Crippen LogP contribution is -2.47. The molecule has 32 heavy (non-hydrogen) atoms. The van der Waals surface area contributed by atoms with Crippen molar-refractivity contribution in [3.8, 4) is 17.2 Å². The number of carbonyl (C=O) groups is 1. The van der Waals surface area contributed by atoms with Crippen LogP contribution < -0.4 is 5.32 Å². The minimum absolute atomic E-state index is 0.0399. The predicted octanol–water partition coefficient (Wildman–Crippen LogP) is 2.41. The van der Waals surface area contributed by atoms with Crippen molar-refractivity contribution < 1.29 is 13.6 Å². The second kappa shape index (κ2) is 9.09. The number of hydrogen-bond donors (Lipinski definition) is 1. The Morgan fingerprint density at radius 1 is 1.09 bits per heavy atom. The van der Waals surface area contributed by atoms with Crippen molar-refractivity contribution in [3.63, 3.8) is 0 Å². The fourth-order valence-corrected chi connectivity index (χ4v) is 3.66. The standard InChI is InChI=1S/C22H25F2N7O/c1-14-11-15(2)31(28-14)19-12-18(25-20(32)13-30-9-7-29(3)8-10-30)26-22(27-19)16-5-4-6-17(23)21(16)24/h4-6,11-12H,7-10,13H2,1-3H3,(H,25,26,27,32). The van der Waals surface area contributed by atoms with E-state index in [-0.39, 0.29) is 29.7 Å². The van der Waals surface area contributed by atoms with E-state index in [1.54, 1.807) is 10.7 Å². The van der Waals surface area contributed by atoms with E-state index in [1.807, 2.05) is 27.0 Å². The van der Waals surface area contributed by atoms with Crippen molar-refractivity contribution in [2.24, 2.45) is 0 Å². The van der Waals surface area contributed by atoms with Crippen LogP contribution in [0.3, 0.4) is 0 Å². The molecular weight excluding hydrogens is 416 g/mol. The van der Waals surface area contributed by atoms with Gasteiger partial charge in [-0.05, 0) is 39.1 Å². The number of likely N-dealkylation sites (N-methyl/N-ethyl adjacent to an activating group) is 1. The van der Waals surface area contributed by atoms with Gasteiger partial charge in [-0.3, -0.25) is 9.69 Å². The molecule has 10 heteroatoms. The number of aryl methyl sites for hydroxylation is 2. The molecule has 0 atom stereocenters. The number of anilines is 1. The monoisotopic (exact) mass is 441 g/mol. The van der Waals surface area contributed by atoms with E-state index in [1.165, 1.54) is 12.1 Å². The van der Waals surface area contributed by atoms with Crippen LogP contribution in [0.1, 0.15) is 11.4 Å². The van der Waals surface area contributed by atoms with Crippen molar-refractivity contribution in [3.05, 3.63) is 53.4 Å². The summed E-state index contributed by atoms with van der Waals surface area (Å²) in [5.41, 5.74) is 1.49. The summed E-state index contributed by atoms with van der Waals surface area (Å²) in [4.78, 5) is 25.6. The van der Waals surface area contributed by atoms with Crippen LogP contribution in [0.5, 0.6) is 0 Å². The Hall–Kier alpha value is -3.24. The van der Waals surface area contributed by atoms with E-state index in [4.69, 9.17) is 0 Å². The van der Waals surface area contributed by atoms with Crippen LogP contribution in [0.2, 0.25) is 0 Å². The molecule has 0 spiro atoms. The van der Waals surface area contributed by atoms with Crippen LogP contribution in [-0.4, -0.2) is 75.2 Å². The summed E-state index contributed by atoms with van der Waals surface area (Å²) in [6.07, 6.45) is 0. The van der Waals surface area contributed by atoms with Gasteiger partial charge in [0.2, 0.25) is 5.91 Å². The molecule has 1 aromatic carbocycles. The molecule has 0 saturated carbocycles. The molecule has 8 nitrogen and oxygen atoms in total. The van der Waals surface area contributed by atoms with Crippen molar-refractivity contribution in [1.29, 1.82) is 0 Å². The molecular formula is C22H25F2N7O. The van der Waals surface area contributed by atoms with Gasteiger partial charge in [0.05, 0.1) is 17.8 Å². The maximum absolute atomic E-state index is 14.5. The largest absolute Gasteiger partial charge is 0.309 e. The second-order valence-corrected chi connectivity index (χ2v) is 8.00. The van der Waals surface area contributed by atoms with Gasteiger partial charge in [-0.1, -0.05) is 6.07 Å². The Bertz CT molecular complexity index is 1140. The average molecular weight is 441 g/mol. The van der Waals surface area contributed by atoms with Crippen LogP contribution in [0.25, 0.3) is 17.2 Å². The normalized spacial score (nSPS) is 15.2. The zero-order chi connectivity index (χ0) is 22.8. The molecule has 168 valence electrons. The molecule has 0 bridgehead atoms. The molecule has 1 N–H and O–H groups in total. The van der Waals surface area contributed by atoms with Gasteiger partial charge in [-0.15, -0.1) is 0 Å². The maximum Gasteiger partial charge on any atom is 0.239 e. The highest BCUT2D eigenvalue weighted by Gasteiger charge is 2.19. The number of rotatable bonds is 5. The van der Waals surface area contributed by atoms with Gasteiger partial charge in [0, 0.05) is 37.9 Å². The highest BCUT2D eigenvalue weighted by molar-refractivity contribution is 5.91. The van der Waals surface area contributed by atoms with E-state index in [0.29, 0.717) is 5.82 Å². The molecule has 0 radical (unpaired) electrons. The summed E-state index contributed by atoms with van der Waals surface area (Å²) < 4.78 is 29.9. The highest BCUT2D eigenvalue weighted by atomic mass is 19.2. The van der Waals surface area contributed by atoms with Crippen molar-refractivity contribution in [2.45, 2.75) is 13.8 Å². The zero-order valence-corrected chi connectivity index (χ0v) is 18.3. The number of nitrogens with one attached hydrogen (secondary N) is 1. The Morgan fingerprint density at radius 3 is 2.53 bits per heavy atom. The van der Waals surface area contributed by atoms with E-state index in [0.717, 1.165) is 43.6 Å². The van der Waals surface area contributed by atoms with E-state index in [9.17, 15) is 13.6 Å². The minimum atomic E-state index is -1.05. The average Bonchev–Trinajstić information content (AvgIpc) is 3.09. The van der Waals surface area contributed by atoms with Gasteiger partial charge in [-0.2, -0.15) is 5.10 Å². The first-order valence-corrected chi connectivity index (χ1v) is 10.4. The first-order chi connectivity index (χ1) is 15.3. The molecule has 1 amide bonds. The van der Waals surface area contributed by atoms with Crippen LogP contribution in [0.4, 0.5) is 14.6 Å². The summed E-state index contributed by atoms with van der Waals surface area (Å²) in [6, 6.07) is 7.26. The lowest BCUT2D eigenvalue weighted by Gasteiger charge is -2.31. The molecule has 2 aromatic heterocycles. The number of hydrogen-bond acceptors (Lipinski definition) is 6. The van der Waals surface area contributed by atoms with Crippen LogP contribution in [0.15, 0.2) is 30.3 Å². The Morgan fingerprint density at radius 2 is 1.84 bits per heavy atom. The first kappa shape index (κ1) is 22.0. The van der Waals surface area contributed by atoms with Gasteiger partial charge >= 0.3 is 0 Å². The summed E-state index contributed by atoms with van der Waals surface area (Å²) in [6.45, 7) is 7.30. The zero-order valence-electron chi connectivity index (χ0n) is 18.3. The third-order valence-corrected chi connectivity index (χ3v) is 5.36. The van der Waals surface area contributed by atoms with Crippen LogP contribution in [-0.2, 0) is 4.79 Å². The smallest absolute Gasteiger partial charge is 0.239 e. The number of piperazine rings is 1. The SMILES string of the molecule is Cc1cc(C)n(-c2cc(NC(=O)CN3CCN(C)CC3)nc(-c3cccc(F)c3F)n2)n1.